The molecule has 2 atom stereocenters. The Morgan fingerprint density at radius 1 is 1.47 bits per heavy atom. The minimum Gasteiger partial charge on any atom is -0.376 e. The molecular formula is C11H22N2OS. The zero-order chi connectivity index (χ0) is 11.5. The molecular weight excluding hydrogens is 208 g/mol. The van der Waals surface area contributed by atoms with E-state index in [-0.39, 0.29) is 11.6 Å². The van der Waals surface area contributed by atoms with Gasteiger partial charge >= 0.3 is 0 Å². The van der Waals surface area contributed by atoms with E-state index in [0.717, 1.165) is 19.4 Å². The highest BCUT2D eigenvalue weighted by Crippen LogP contribution is 2.15. The Morgan fingerprint density at radius 2 is 2.13 bits per heavy atom. The molecule has 0 aromatic heterocycles. The highest BCUT2D eigenvalue weighted by atomic mass is 32.1. The maximum Gasteiger partial charge on any atom is 0.166 e. The molecule has 1 rings (SSSR count). The molecule has 0 spiro atoms. The monoisotopic (exact) mass is 230 g/mol. The van der Waals surface area contributed by atoms with Crippen molar-refractivity contribution in [1.29, 1.82) is 0 Å². The lowest BCUT2D eigenvalue weighted by atomic mass is 10.1. The van der Waals surface area contributed by atoms with Crippen LogP contribution in [0.5, 0.6) is 0 Å². The van der Waals surface area contributed by atoms with Gasteiger partial charge < -0.3 is 15.4 Å². The number of nitrogens with one attached hydrogen (secondary N) is 2. The lowest BCUT2D eigenvalue weighted by Crippen LogP contribution is -2.51. The highest BCUT2D eigenvalue weighted by molar-refractivity contribution is 7.80. The fourth-order valence-corrected chi connectivity index (χ4v) is 2.17. The summed E-state index contributed by atoms with van der Waals surface area (Å²) in [5.74, 6) is 0. The average Bonchev–Trinajstić information content (AvgIpc) is 2.50. The fourth-order valence-electron chi connectivity index (χ4n) is 1.67. The van der Waals surface area contributed by atoms with Gasteiger partial charge in [-0.05, 0) is 52.8 Å². The number of thiocarbonyl (C=S) groups is 1. The van der Waals surface area contributed by atoms with Crippen LogP contribution in [-0.2, 0) is 4.74 Å². The topological polar surface area (TPSA) is 33.3 Å². The predicted octanol–water partition coefficient (Wildman–Crippen LogP) is 1.82. The molecule has 2 N–H and O–H groups in total. The van der Waals surface area contributed by atoms with Gasteiger partial charge in [-0.25, -0.2) is 0 Å². The normalized spacial score (nSPS) is 23.6. The van der Waals surface area contributed by atoms with Crippen molar-refractivity contribution in [3.63, 3.8) is 0 Å². The molecule has 2 unspecified atom stereocenters. The summed E-state index contributed by atoms with van der Waals surface area (Å²) in [6.45, 7) is 9.29. The second-order valence-corrected chi connectivity index (χ2v) is 5.60. The first-order valence-corrected chi connectivity index (χ1v) is 5.99. The van der Waals surface area contributed by atoms with Crippen molar-refractivity contribution in [2.45, 2.75) is 58.2 Å². The molecule has 0 radical (unpaired) electrons. The fraction of sp³-hybridized carbons (Fsp3) is 0.909. The van der Waals surface area contributed by atoms with Gasteiger partial charge in [-0.15, -0.1) is 0 Å². The van der Waals surface area contributed by atoms with Crippen LogP contribution in [0.25, 0.3) is 0 Å². The molecule has 88 valence electrons. The van der Waals surface area contributed by atoms with Gasteiger partial charge in [-0.2, -0.15) is 0 Å². The summed E-state index contributed by atoms with van der Waals surface area (Å²) in [7, 11) is 0. The van der Waals surface area contributed by atoms with Gasteiger partial charge in [0.25, 0.3) is 0 Å². The van der Waals surface area contributed by atoms with Crippen molar-refractivity contribution in [2.75, 3.05) is 6.61 Å². The van der Waals surface area contributed by atoms with E-state index in [1.807, 2.05) is 0 Å². The molecule has 0 saturated carbocycles. The number of hydrogen-bond donors (Lipinski definition) is 2. The van der Waals surface area contributed by atoms with Gasteiger partial charge in [0, 0.05) is 12.1 Å². The zero-order valence-electron chi connectivity index (χ0n) is 10.1. The van der Waals surface area contributed by atoms with Crippen molar-refractivity contribution < 1.29 is 4.74 Å². The Kier molecular flexibility index (Phi) is 4.34. The molecule has 0 aromatic carbocycles. The first-order valence-electron chi connectivity index (χ1n) is 5.59. The number of ether oxygens (including phenoxy) is 1. The molecule has 15 heavy (non-hydrogen) atoms. The van der Waals surface area contributed by atoms with Crippen LogP contribution in [0.2, 0.25) is 0 Å². The molecule has 3 nitrogen and oxygen atoms in total. The minimum absolute atomic E-state index is 0.0142. The molecule has 1 fully saturated rings. The molecule has 0 amide bonds. The van der Waals surface area contributed by atoms with Gasteiger partial charge in [0.15, 0.2) is 5.11 Å². The third kappa shape index (κ3) is 4.80. The van der Waals surface area contributed by atoms with Gasteiger partial charge in [0.05, 0.1) is 12.1 Å². The van der Waals surface area contributed by atoms with Crippen LogP contribution in [0.3, 0.4) is 0 Å². The summed E-state index contributed by atoms with van der Waals surface area (Å²) in [4.78, 5) is 0. The van der Waals surface area contributed by atoms with E-state index in [0.29, 0.717) is 11.2 Å². The van der Waals surface area contributed by atoms with E-state index in [2.05, 4.69) is 38.3 Å². The third-order valence-electron chi connectivity index (χ3n) is 2.37. The number of rotatable bonds is 2. The third-order valence-corrected chi connectivity index (χ3v) is 2.59. The van der Waals surface area contributed by atoms with E-state index in [1.54, 1.807) is 0 Å². The molecule has 4 heteroatoms. The van der Waals surface area contributed by atoms with Gasteiger partial charge in [-0.1, -0.05) is 0 Å². The summed E-state index contributed by atoms with van der Waals surface area (Å²) < 4.78 is 5.60. The van der Waals surface area contributed by atoms with Crippen LogP contribution in [0.15, 0.2) is 0 Å². The average molecular weight is 230 g/mol. The van der Waals surface area contributed by atoms with Gasteiger partial charge in [0.1, 0.15) is 0 Å². The maximum atomic E-state index is 5.60. The van der Waals surface area contributed by atoms with Crippen LogP contribution in [0.1, 0.15) is 40.5 Å². The van der Waals surface area contributed by atoms with Gasteiger partial charge in [0.2, 0.25) is 0 Å². The largest absolute Gasteiger partial charge is 0.376 e. The zero-order valence-corrected chi connectivity index (χ0v) is 10.9. The second kappa shape index (κ2) is 5.12. The summed E-state index contributed by atoms with van der Waals surface area (Å²) in [6, 6.07) is 0.287. The SMILES string of the molecule is CC(NC(=S)NC(C)(C)C)C1CCCO1. The van der Waals surface area contributed by atoms with Crippen molar-refractivity contribution in [3.8, 4) is 0 Å². The highest BCUT2D eigenvalue weighted by Gasteiger charge is 2.23. The van der Waals surface area contributed by atoms with Crippen LogP contribution in [0.4, 0.5) is 0 Å². The van der Waals surface area contributed by atoms with E-state index >= 15 is 0 Å². The van der Waals surface area contributed by atoms with Crippen molar-refractivity contribution in [1.82, 2.24) is 10.6 Å². The summed E-state index contributed by atoms with van der Waals surface area (Å²) in [6.07, 6.45) is 2.60. The van der Waals surface area contributed by atoms with Crippen LogP contribution < -0.4 is 10.6 Å². The van der Waals surface area contributed by atoms with Crippen molar-refractivity contribution in [3.05, 3.63) is 0 Å². The van der Waals surface area contributed by atoms with Crippen molar-refractivity contribution >= 4 is 17.3 Å². The Labute approximate surface area is 98.0 Å². The van der Waals surface area contributed by atoms with Gasteiger partial charge in [-0.3, -0.25) is 0 Å². The Morgan fingerprint density at radius 3 is 2.60 bits per heavy atom. The van der Waals surface area contributed by atoms with Crippen LogP contribution in [0, 0.1) is 0 Å². The summed E-state index contributed by atoms with van der Waals surface area (Å²) in [5, 5.41) is 7.23. The Hall–Kier alpha value is -0.350. The van der Waals surface area contributed by atoms with E-state index in [9.17, 15) is 0 Å². The molecule has 0 bridgehead atoms. The first kappa shape index (κ1) is 12.7. The summed E-state index contributed by atoms with van der Waals surface area (Å²) in [5.41, 5.74) is 0.0142. The van der Waals surface area contributed by atoms with E-state index in [4.69, 9.17) is 17.0 Å². The number of hydrogen-bond acceptors (Lipinski definition) is 2. The standard InChI is InChI=1S/C11H22N2OS/c1-8(9-6-5-7-14-9)12-10(15)13-11(2,3)4/h8-9H,5-7H2,1-4H3,(H2,12,13,15). The van der Waals surface area contributed by atoms with E-state index in [1.165, 1.54) is 0 Å². The maximum absolute atomic E-state index is 5.60. The molecule has 1 saturated heterocycles. The minimum atomic E-state index is 0.0142. The Balaban J connectivity index is 2.30. The first-order chi connectivity index (χ1) is 6.88. The molecule has 1 heterocycles. The molecule has 0 aromatic rings. The second-order valence-electron chi connectivity index (χ2n) is 5.19. The quantitative estimate of drug-likeness (QED) is 0.709. The lowest BCUT2D eigenvalue weighted by molar-refractivity contribution is 0.0891. The van der Waals surface area contributed by atoms with E-state index < -0.39 is 0 Å². The predicted molar refractivity (Wildman–Crippen MR) is 67.1 cm³/mol. The molecule has 1 aliphatic rings. The molecule has 1 aliphatic heterocycles. The lowest BCUT2D eigenvalue weighted by Gasteiger charge is -2.27. The Bertz CT molecular complexity index is 219. The smallest absolute Gasteiger partial charge is 0.166 e. The van der Waals surface area contributed by atoms with Crippen LogP contribution in [-0.4, -0.2) is 29.4 Å². The van der Waals surface area contributed by atoms with Crippen molar-refractivity contribution in [2.24, 2.45) is 0 Å². The van der Waals surface area contributed by atoms with Crippen LogP contribution >= 0.6 is 12.2 Å². The molecule has 0 aliphatic carbocycles. The summed E-state index contributed by atoms with van der Waals surface area (Å²) >= 11 is 5.24.